The predicted molar refractivity (Wildman–Crippen MR) is 103 cm³/mol. The van der Waals surface area contributed by atoms with E-state index in [0.717, 1.165) is 15.8 Å². The van der Waals surface area contributed by atoms with Gasteiger partial charge < -0.3 is 10.1 Å². The van der Waals surface area contributed by atoms with Gasteiger partial charge in [0.1, 0.15) is 18.4 Å². The number of hydrogen-bond acceptors (Lipinski definition) is 4. The summed E-state index contributed by atoms with van der Waals surface area (Å²) in [6, 6.07) is 12.9. The van der Waals surface area contributed by atoms with E-state index in [0.29, 0.717) is 17.9 Å². The van der Waals surface area contributed by atoms with Crippen LogP contribution in [0.3, 0.4) is 0 Å². The summed E-state index contributed by atoms with van der Waals surface area (Å²) >= 11 is 3.44. The lowest BCUT2D eigenvalue weighted by Crippen LogP contribution is -2.28. The van der Waals surface area contributed by atoms with Crippen molar-refractivity contribution in [3.8, 4) is 11.4 Å². The SMILES string of the molecule is CCOc1ccccc1C(C)NC(=O)c1ccc(Br)cc1-n1cncn1. The normalized spacial score (nSPS) is 11.8. The molecule has 1 unspecified atom stereocenters. The molecule has 1 heterocycles. The van der Waals surface area contributed by atoms with Crippen LogP contribution in [0.15, 0.2) is 59.6 Å². The second-order valence-corrected chi connectivity index (χ2v) is 6.58. The molecule has 1 amide bonds. The van der Waals surface area contributed by atoms with Crippen LogP contribution >= 0.6 is 15.9 Å². The van der Waals surface area contributed by atoms with Crippen molar-refractivity contribution in [2.24, 2.45) is 0 Å². The van der Waals surface area contributed by atoms with Gasteiger partial charge in [-0.3, -0.25) is 4.79 Å². The van der Waals surface area contributed by atoms with E-state index >= 15 is 0 Å². The lowest BCUT2D eigenvalue weighted by Gasteiger charge is -2.19. The van der Waals surface area contributed by atoms with E-state index in [9.17, 15) is 4.79 Å². The second kappa shape index (κ2) is 8.14. The Labute approximate surface area is 160 Å². The molecule has 0 saturated carbocycles. The summed E-state index contributed by atoms with van der Waals surface area (Å²) in [4.78, 5) is 16.9. The number of hydrogen-bond donors (Lipinski definition) is 1. The van der Waals surface area contributed by atoms with Crippen molar-refractivity contribution in [1.29, 1.82) is 0 Å². The highest BCUT2D eigenvalue weighted by atomic mass is 79.9. The summed E-state index contributed by atoms with van der Waals surface area (Å²) in [7, 11) is 0. The Hall–Kier alpha value is -2.67. The third-order valence-electron chi connectivity index (χ3n) is 3.90. The maximum atomic E-state index is 12.9. The van der Waals surface area contributed by atoms with E-state index in [1.807, 2.05) is 50.2 Å². The third kappa shape index (κ3) is 3.94. The fourth-order valence-electron chi connectivity index (χ4n) is 2.70. The highest BCUT2D eigenvalue weighted by Crippen LogP contribution is 2.26. The summed E-state index contributed by atoms with van der Waals surface area (Å²) in [5.41, 5.74) is 2.10. The van der Waals surface area contributed by atoms with Gasteiger partial charge in [-0.2, -0.15) is 5.10 Å². The molecule has 0 aliphatic carbocycles. The smallest absolute Gasteiger partial charge is 0.253 e. The average Bonchev–Trinajstić information content (AvgIpc) is 3.16. The van der Waals surface area contributed by atoms with Crippen molar-refractivity contribution in [2.45, 2.75) is 19.9 Å². The number of rotatable bonds is 6. The van der Waals surface area contributed by atoms with Crippen molar-refractivity contribution >= 4 is 21.8 Å². The largest absolute Gasteiger partial charge is 0.494 e. The zero-order chi connectivity index (χ0) is 18.5. The number of aromatic nitrogens is 3. The zero-order valence-corrected chi connectivity index (χ0v) is 16.1. The highest BCUT2D eigenvalue weighted by molar-refractivity contribution is 9.10. The lowest BCUT2D eigenvalue weighted by atomic mass is 10.1. The maximum Gasteiger partial charge on any atom is 0.253 e. The molecule has 134 valence electrons. The summed E-state index contributed by atoms with van der Waals surface area (Å²) in [6.45, 7) is 4.44. The molecular formula is C19H19BrN4O2. The first-order valence-electron chi connectivity index (χ1n) is 8.27. The molecule has 1 N–H and O–H groups in total. The Balaban J connectivity index is 1.87. The van der Waals surface area contributed by atoms with Crippen LogP contribution in [0.1, 0.15) is 35.8 Å². The number of nitrogens with zero attached hydrogens (tertiary/aromatic N) is 3. The predicted octanol–water partition coefficient (Wildman–Crippen LogP) is 3.92. The highest BCUT2D eigenvalue weighted by Gasteiger charge is 2.18. The van der Waals surface area contributed by atoms with Gasteiger partial charge in [0, 0.05) is 10.0 Å². The first-order valence-corrected chi connectivity index (χ1v) is 9.06. The van der Waals surface area contributed by atoms with Crippen LogP contribution in [0, 0.1) is 0 Å². The topological polar surface area (TPSA) is 69.0 Å². The van der Waals surface area contributed by atoms with E-state index in [1.54, 1.807) is 17.1 Å². The average molecular weight is 415 g/mol. The number of carbonyl (C=O) groups excluding carboxylic acids is 1. The van der Waals surface area contributed by atoms with Crippen LogP contribution in [0.4, 0.5) is 0 Å². The van der Waals surface area contributed by atoms with Crippen molar-refractivity contribution < 1.29 is 9.53 Å². The minimum absolute atomic E-state index is 0.193. The fourth-order valence-corrected chi connectivity index (χ4v) is 3.05. The van der Waals surface area contributed by atoms with E-state index in [-0.39, 0.29) is 11.9 Å². The Morgan fingerprint density at radius 3 is 2.85 bits per heavy atom. The molecule has 3 rings (SSSR count). The van der Waals surface area contributed by atoms with Crippen molar-refractivity contribution in [3.63, 3.8) is 0 Å². The first-order chi connectivity index (χ1) is 12.6. The third-order valence-corrected chi connectivity index (χ3v) is 4.40. The van der Waals surface area contributed by atoms with Crippen LogP contribution in [-0.4, -0.2) is 27.3 Å². The molecule has 0 aliphatic rings. The van der Waals surface area contributed by atoms with Crippen LogP contribution in [0.5, 0.6) is 5.75 Å². The quantitative estimate of drug-likeness (QED) is 0.663. The molecule has 6 nitrogen and oxygen atoms in total. The van der Waals surface area contributed by atoms with Gasteiger partial charge in [0.25, 0.3) is 5.91 Å². The molecule has 0 aliphatic heterocycles. The minimum atomic E-state index is -0.211. The van der Waals surface area contributed by atoms with Gasteiger partial charge in [-0.15, -0.1) is 0 Å². The number of nitrogens with one attached hydrogen (secondary N) is 1. The monoisotopic (exact) mass is 414 g/mol. The molecule has 1 aromatic heterocycles. The van der Waals surface area contributed by atoms with E-state index in [4.69, 9.17) is 4.74 Å². The molecule has 3 aromatic rings. The van der Waals surface area contributed by atoms with Gasteiger partial charge >= 0.3 is 0 Å². The zero-order valence-electron chi connectivity index (χ0n) is 14.5. The molecule has 7 heteroatoms. The van der Waals surface area contributed by atoms with Crippen molar-refractivity contribution in [3.05, 3.63) is 70.7 Å². The Kier molecular flexibility index (Phi) is 5.68. The molecule has 0 spiro atoms. The molecule has 1 atom stereocenters. The molecule has 0 bridgehead atoms. The number of halogens is 1. The Morgan fingerprint density at radius 1 is 1.31 bits per heavy atom. The van der Waals surface area contributed by atoms with E-state index in [1.165, 1.54) is 6.33 Å². The summed E-state index contributed by atoms with van der Waals surface area (Å²) < 4.78 is 8.09. The fraction of sp³-hybridized carbons (Fsp3) is 0.211. The van der Waals surface area contributed by atoms with E-state index in [2.05, 4.69) is 31.3 Å². The lowest BCUT2D eigenvalue weighted by molar-refractivity contribution is 0.0939. The van der Waals surface area contributed by atoms with E-state index < -0.39 is 0 Å². The molecule has 26 heavy (non-hydrogen) atoms. The van der Waals surface area contributed by atoms with Gasteiger partial charge in [-0.25, -0.2) is 9.67 Å². The van der Waals surface area contributed by atoms with Gasteiger partial charge in [-0.05, 0) is 38.1 Å². The van der Waals surface area contributed by atoms with Gasteiger partial charge in [0.2, 0.25) is 0 Å². The second-order valence-electron chi connectivity index (χ2n) is 5.67. The molecular weight excluding hydrogens is 396 g/mol. The Morgan fingerprint density at radius 2 is 2.12 bits per heavy atom. The molecule has 2 aromatic carbocycles. The van der Waals surface area contributed by atoms with Crippen molar-refractivity contribution in [2.75, 3.05) is 6.61 Å². The standard InChI is InChI=1S/C19H19BrN4O2/c1-3-26-18-7-5-4-6-15(18)13(2)23-19(25)16-9-8-14(20)10-17(16)24-12-21-11-22-24/h4-13H,3H2,1-2H3,(H,23,25). The first kappa shape index (κ1) is 18.1. The minimum Gasteiger partial charge on any atom is -0.494 e. The van der Waals surface area contributed by atoms with Gasteiger partial charge in [0.15, 0.2) is 0 Å². The van der Waals surface area contributed by atoms with Crippen molar-refractivity contribution in [1.82, 2.24) is 20.1 Å². The van der Waals surface area contributed by atoms with Crippen LogP contribution in [-0.2, 0) is 0 Å². The number of benzene rings is 2. The Bertz CT molecular complexity index is 896. The molecule has 0 saturated heterocycles. The summed E-state index contributed by atoms with van der Waals surface area (Å²) in [5.74, 6) is 0.580. The van der Waals surface area contributed by atoms with Crippen LogP contribution < -0.4 is 10.1 Å². The van der Waals surface area contributed by atoms with Crippen LogP contribution in [0.2, 0.25) is 0 Å². The number of para-hydroxylation sites is 1. The summed E-state index contributed by atoms with van der Waals surface area (Å²) in [5, 5.41) is 7.17. The number of amides is 1. The maximum absolute atomic E-state index is 12.9. The van der Waals surface area contributed by atoms with Crippen LogP contribution in [0.25, 0.3) is 5.69 Å². The molecule has 0 radical (unpaired) electrons. The summed E-state index contributed by atoms with van der Waals surface area (Å²) in [6.07, 6.45) is 3.00. The number of carbonyl (C=O) groups is 1. The van der Waals surface area contributed by atoms with Gasteiger partial charge in [0.05, 0.1) is 23.9 Å². The number of ether oxygens (including phenoxy) is 1. The van der Waals surface area contributed by atoms with Gasteiger partial charge in [-0.1, -0.05) is 34.1 Å². The molecule has 0 fully saturated rings.